The zero-order valence-corrected chi connectivity index (χ0v) is 12.2. The van der Waals surface area contributed by atoms with E-state index in [1.54, 1.807) is 0 Å². The summed E-state index contributed by atoms with van der Waals surface area (Å²) in [6, 6.07) is 2.76. The van der Waals surface area contributed by atoms with Gasteiger partial charge in [-0.15, -0.1) is 0 Å². The highest BCUT2D eigenvalue weighted by molar-refractivity contribution is 7.91. The Hall–Kier alpha value is -1.19. The van der Waals surface area contributed by atoms with Gasteiger partial charge in [-0.3, -0.25) is 0 Å². The van der Waals surface area contributed by atoms with E-state index in [9.17, 15) is 21.2 Å². The van der Waals surface area contributed by atoms with Gasteiger partial charge in [0.2, 0.25) is 10.0 Å². The van der Waals surface area contributed by atoms with Crippen LogP contribution in [0.25, 0.3) is 0 Å². The molecule has 20 heavy (non-hydrogen) atoms. The highest BCUT2D eigenvalue weighted by Crippen LogP contribution is 2.22. The van der Waals surface area contributed by atoms with Crippen LogP contribution in [0.3, 0.4) is 0 Å². The second-order valence-electron chi connectivity index (χ2n) is 4.73. The Kier molecular flexibility index (Phi) is 4.03. The Morgan fingerprint density at radius 2 is 2.05 bits per heavy atom. The van der Waals surface area contributed by atoms with Crippen molar-refractivity contribution in [1.82, 2.24) is 4.72 Å². The van der Waals surface area contributed by atoms with Crippen molar-refractivity contribution in [2.75, 3.05) is 17.2 Å². The fraction of sp³-hybridized carbons (Fsp3) is 0.455. The van der Waals surface area contributed by atoms with Gasteiger partial charge in [-0.25, -0.2) is 25.9 Å². The number of hydrogen-bond donors (Lipinski definition) is 2. The number of anilines is 1. The summed E-state index contributed by atoms with van der Waals surface area (Å²) in [6.45, 7) is 0. The number of rotatable bonds is 3. The maximum atomic E-state index is 13.3. The minimum Gasteiger partial charge on any atom is -0.395 e. The summed E-state index contributed by atoms with van der Waals surface area (Å²) >= 11 is 0. The summed E-state index contributed by atoms with van der Waals surface area (Å²) < 4.78 is 62.8. The van der Waals surface area contributed by atoms with Gasteiger partial charge in [0.1, 0.15) is 10.7 Å². The van der Waals surface area contributed by atoms with Crippen molar-refractivity contribution < 1.29 is 21.2 Å². The zero-order valence-electron chi connectivity index (χ0n) is 10.5. The maximum absolute atomic E-state index is 13.3. The van der Waals surface area contributed by atoms with Crippen molar-refractivity contribution >= 4 is 25.5 Å². The Bertz CT molecular complexity index is 716. The molecular formula is C11H15FN2O4S2. The van der Waals surface area contributed by atoms with E-state index >= 15 is 0 Å². The lowest BCUT2D eigenvalue weighted by molar-refractivity contribution is 0.517. The van der Waals surface area contributed by atoms with Gasteiger partial charge in [0.15, 0.2) is 9.84 Å². The van der Waals surface area contributed by atoms with E-state index in [1.807, 2.05) is 0 Å². The molecule has 0 aliphatic carbocycles. The minimum atomic E-state index is -4.04. The molecule has 0 aromatic heterocycles. The molecule has 0 saturated carbocycles. The first kappa shape index (κ1) is 15.2. The Labute approximate surface area is 117 Å². The number of nitrogens with one attached hydrogen (secondary N) is 1. The SMILES string of the molecule is Nc1c(F)cccc1S(=O)(=O)NC1CCCS(=O)(=O)C1. The summed E-state index contributed by atoms with van der Waals surface area (Å²) in [5.74, 6) is -1.02. The number of nitrogen functional groups attached to an aromatic ring is 1. The molecule has 1 aliphatic rings. The molecule has 1 atom stereocenters. The molecule has 0 spiro atoms. The van der Waals surface area contributed by atoms with E-state index in [-0.39, 0.29) is 16.4 Å². The van der Waals surface area contributed by atoms with Crippen molar-refractivity contribution in [3.8, 4) is 0 Å². The van der Waals surface area contributed by atoms with E-state index in [0.717, 1.165) is 6.07 Å². The molecule has 0 bridgehead atoms. The maximum Gasteiger partial charge on any atom is 0.243 e. The third-order valence-electron chi connectivity index (χ3n) is 3.09. The van der Waals surface area contributed by atoms with E-state index in [4.69, 9.17) is 5.73 Å². The summed E-state index contributed by atoms with van der Waals surface area (Å²) in [7, 11) is -7.28. The second-order valence-corrected chi connectivity index (χ2v) is 8.64. The summed E-state index contributed by atoms with van der Waals surface area (Å²) in [5, 5.41) is 0. The number of nitrogens with two attached hydrogens (primary N) is 1. The molecule has 1 aromatic rings. The van der Waals surface area contributed by atoms with Gasteiger partial charge in [-0.05, 0) is 25.0 Å². The molecule has 1 aliphatic heterocycles. The molecule has 1 heterocycles. The Morgan fingerprint density at radius 1 is 1.35 bits per heavy atom. The molecule has 1 aromatic carbocycles. The smallest absolute Gasteiger partial charge is 0.243 e. The quantitative estimate of drug-likeness (QED) is 0.777. The zero-order chi connectivity index (χ0) is 15.0. The molecule has 0 radical (unpaired) electrons. The predicted octanol–water partition coefficient (Wildman–Crippen LogP) is 0.263. The normalized spacial score (nSPS) is 22.6. The van der Waals surface area contributed by atoms with Gasteiger partial charge in [-0.2, -0.15) is 0 Å². The van der Waals surface area contributed by atoms with Gasteiger partial charge < -0.3 is 5.73 Å². The minimum absolute atomic E-state index is 0.0628. The standard InChI is InChI=1S/C11H15FN2O4S2/c12-9-4-1-5-10(11(9)13)20(17,18)14-8-3-2-6-19(15,16)7-8/h1,4-5,8,14H,2-3,6-7,13H2. The Balaban J connectivity index is 2.26. The third kappa shape index (κ3) is 3.28. The van der Waals surface area contributed by atoms with Crippen LogP contribution in [0.4, 0.5) is 10.1 Å². The molecule has 9 heteroatoms. The first-order valence-electron chi connectivity index (χ1n) is 5.98. The highest BCUT2D eigenvalue weighted by Gasteiger charge is 2.29. The summed E-state index contributed by atoms with van der Waals surface area (Å²) in [6.07, 6.45) is 0.821. The van der Waals surface area contributed by atoms with Crippen LogP contribution in [-0.4, -0.2) is 34.4 Å². The molecule has 1 unspecified atom stereocenters. The molecular weight excluding hydrogens is 307 g/mol. The van der Waals surface area contributed by atoms with Crippen LogP contribution in [0.2, 0.25) is 0 Å². The van der Waals surface area contributed by atoms with Crippen molar-refractivity contribution in [2.24, 2.45) is 0 Å². The molecule has 0 amide bonds. The molecule has 1 fully saturated rings. The average Bonchev–Trinajstić information content (AvgIpc) is 2.30. The lowest BCUT2D eigenvalue weighted by atomic mass is 10.2. The first-order valence-corrected chi connectivity index (χ1v) is 9.28. The van der Waals surface area contributed by atoms with Crippen molar-refractivity contribution in [3.05, 3.63) is 24.0 Å². The van der Waals surface area contributed by atoms with E-state index in [1.165, 1.54) is 12.1 Å². The monoisotopic (exact) mass is 322 g/mol. The van der Waals surface area contributed by atoms with Gasteiger partial charge >= 0.3 is 0 Å². The topological polar surface area (TPSA) is 106 Å². The van der Waals surface area contributed by atoms with E-state index in [2.05, 4.69) is 4.72 Å². The highest BCUT2D eigenvalue weighted by atomic mass is 32.2. The number of para-hydroxylation sites is 1. The van der Waals surface area contributed by atoms with Gasteiger partial charge in [0, 0.05) is 6.04 Å². The van der Waals surface area contributed by atoms with Crippen LogP contribution in [-0.2, 0) is 19.9 Å². The van der Waals surface area contributed by atoms with Crippen LogP contribution in [0.1, 0.15) is 12.8 Å². The van der Waals surface area contributed by atoms with Gasteiger partial charge in [-0.1, -0.05) is 6.07 Å². The number of benzene rings is 1. The van der Waals surface area contributed by atoms with Crippen LogP contribution >= 0.6 is 0 Å². The number of halogens is 1. The largest absolute Gasteiger partial charge is 0.395 e. The summed E-state index contributed by atoms with van der Waals surface area (Å²) in [4.78, 5) is -0.375. The number of sulfonamides is 1. The predicted molar refractivity (Wildman–Crippen MR) is 72.8 cm³/mol. The molecule has 6 nitrogen and oxygen atoms in total. The third-order valence-corrected chi connectivity index (χ3v) is 6.49. The lowest BCUT2D eigenvalue weighted by Gasteiger charge is -2.23. The molecule has 112 valence electrons. The first-order chi connectivity index (χ1) is 9.21. The molecule has 3 N–H and O–H groups in total. The Morgan fingerprint density at radius 3 is 2.70 bits per heavy atom. The lowest BCUT2D eigenvalue weighted by Crippen LogP contribution is -2.43. The van der Waals surface area contributed by atoms with E-state index in [0.29, 0.717) is 12.8 Å². The van der Waals surface area contributed by atoms with Gasteiger partial charge in [0.25, 0.3) is 0 Å². The fourth-order valence-electron chi connectivity index (χ4n) is 2.15. The number of sulfone groups is 1. The van der Waals surface area contributed by atoms with Crippen molar-refractivity contribution in [2.45, 2.75) is 23.8 Å². The van der Waals surface area contributed by atoms with Gasteiger partial charge in [0.05, 0.1) is 17.2 Å². The van der Waals surface area contributed by atoms with Crippen LogP contribution in [0.5, 0.6) is 0 Å². The van der Waals surface area contributed by atoms with Crippen LogP contribution in [0, 0.1) is 5.82 Å². The number of hydrogen-bond acceptors (Lipinski definition) is 5. The second kappa shape index (κ2) is 5.30. The molecule has 1 saturated heterocycles. The average molecular weight is 322 g/mol. The van der Waals surface area contributed by atoms with Crippen LogP contribution < -0.4 is 10.5 Å². The summed E-state index contributed by atoms with van der Waals surface area (Å²) in [5.41, 5.74) is 4.94. The molecule has 2 rings (SSSR count). The van der Waals surface area contributed by atoms with Crippen molar-refractivity contribution in [1.29, 1.82) is 0 Å². The van der Waals surface area contributed by atoms with E-state index < -0.39 is 37.4 Å². The fourth-order valence-corrected chi connectivity index (χ4v) is 5.30. The van der Waals surface area contributed by atoms with Crippen molar-refractivity contribution in [3.63, 3.8) is 0 Å². The van der Waals surface area contributed by atoms with Crippen LogP contribution in [0.15, 0.2) is 23.1 Å².